The molecule has 96 valence electrons. The van der Waals surface area contributed by atoms with Crippen LogP contribution in [0.4, 0.5) is 0 Å². The van der Waals surface area contributed by atoms with Gasteiger partial charge in [-0.15, -0.1) is 0 Å². The van der Waals surface area contributed by atoms with Crippen LogP contribution in [0.1, 0.15) is 0 Å². The van der Waals surface area contributed by atoms with Crippen molar-refractivity contribution in [2.45, 2.75) is 0 Å². The molecule has 0 aliphatic rings. The number of imidazole rings is 1. The van der Waals surface area contributed by atoms with Crippen molar-refractivity contribution < 1.29 is 9.47 Å². The van der Waals surface area contributed by atoms with E-state index in [1.165, 1.54) is 6.33 Å². The predicted octanol–water partition coefficient (Wildman–Crippen LogP) is 1.83. The van der Waals surface area contributed by atoms with E-state index >= 15 is 0 Å². The van der Waals surface area contributed by atoms with Crippen molar-refractivity contribution in [2.75, 3.05) is 14.2 Å². The van der Waals surface area contributed by atoms with E-state index in [1.54, 1.807) is 26.7 Å². The average Bonchev–Trinajstić information content (AvgIpc) is 2.99. The van der Waals surface area contributed by atoms with Gasteiger partial charge >= 0.3 is 0 Å². The Labute approximate surface area is 109 Å². The number of ether oxygens (including phenoxy) is 2. The molecule has 0 saturated carbocycles. The minimum atomic E-state index is 0.601. The summed E-state index contributed by atoms with van der Waals surface area (Å²) in [5.41, 5.74) is 0.709. The molecule has 2 aromatic heterocycles. The highest BCUT2D eigenvalue weighted by atomic mass is 16.5. The van der Waals surface area contributed by atoms with E-state index in [0.29, 0.717) is 17.0 Å². The lowest BCUT2D eigenvalue weighted by atomic mass is 10.2. The maximum Gasteiger partial charge on any atom is 0.187 e. The van der Waals surface area contributed by atoms with Crippen LogP contribution >= 0.6 is 0 Å². The van der Waals surface area contributed by atoms with E-state index in [-0.39, 0.29) is 0 Å². The van der Waals surface area contributed by atoms with Gasteiger partial charge in [-0.05, 0) is 12.1 Å². The Hall–Kier alpha value is -2.63. The second-order valence-corrected chi connectivity index (χ2v) is 3.86. The molecule has 0 bridgehead atoms. The fraction of sp³-hybridized carbons (Fsp3) is 0.154. The first kappa shape index (κ1) is 11.5. The quantitative estimate of drug-likeness (QED) is 0.715. The molecule has 6 heteroatoms. The first-order chi connectivity index (χ1) is 9.35. The number of rotatable bonds is 3. The molecule has 0 radical (unpaired) electrons. The lowest BCUT2D eigenvalue weighted by Gasteiger charge is -2.11. The number of hydrogen-bond acceptors (Lipinski definition) is 5. The molecular weight excluding hydrogens is 244 g/mol. The molecular formula is C13H12N4O2. The molecule has 6 nitrogen and oxygen atoms in total. The summed E-state index contributed by atoms with van der Waals surface area (Å²) < 4.78 is 12.5. The van der Waals surface area contributed by atoms with Gasteiger partial charge in [0.1, 0.15) is 24.0 Å². The van der Waals surface area contributed by atoms with E-state index in [4.69, 9.17) is 9.47 Å². The summed E-state index contributed by atoms with van der Waals surface area (Å²) in [6.07, 6.45) is 6.73. The topological polar surface area (TPSA) is 62.1 Å². The number of fused-ring (bicyclic) bond motifs is 1. The molecule has 3 aromatic rings. The van der Waals surface area contributed by atoms with E-state index in [0.717, 1.165) is 11.2 Å². The van der Waals surface area contributed by atoms with Gasteiger partial charge in [0.15, 0.2) is 11.5 Å². The minimum absolute atomic E-state index is 0.601. The first-order valence-corrected chi connectivity index (χ1v) is 5.69. The largest absolute Gasteiger partial charge is 0.493 e. The Morgan fingerprint density at radius 1 is 1.11 bits per heavy atom. The van der Waals surface area contributed by atoms with Crippen LogP contribution in [0.2, 0.25) is 0 Å². The van der Waals surface area contributed by atoms with Gasteiger partial charge < -0.3 is 9.47 Å². The van der Waals surface area contributed by atoms with Crippen molar-refractivity contribution in [1.29, 1.82) is 0 Å². The summed E-state index contributed by atoms with van der Waals surface area (Å²) in [6.45, 7) is 0. The summed E-state index contributed by atoms with van der Waals surface area (Å²) >= 11 is 0. The Bertz CT molecular complexity index is 710. The number of methoxy groups -OCH3 is 2. The van der Waals surface area contributed by atoms with Crippen LogP contribution in [-0.4, -0.2) is 33.7 Å². The Morgan fingerprint density at radius 3 is 2.68 bits per heavy atom. The third kappa shape index (κ3) is 1.77. The van der Waals surface area contributed by atoms with E-state index in [2.05, 4.69) is 15.0 Å². The molecule has 0 amide bonds. The zero-order valence-corrected chi connectivity index (χ0v) is 10.6. The fourth-order valence-corrected chi connectivity index (χ4v) is 2.02. The lowest BCUT2D eigenvalue weighted by molar-refractivity contribution is 0.358. The maximum atomic E-state index is 5.38. The highest BCUT2D eigenvalue weighted by Crippen LogP contribution is 2.35. The monoisotopic (exact) mass is 256 g/mol. The molecule has 1 aromatic carbocycles. The Kier molecular flexibility index (Phi) is 2.75. The van der Waals surface area contributed by atoms with Crippen LogP contribution in [0.5, 0.6) is 11.5 Å². The summed E-state index contributed by atoms with van der Waals surface area (Å²) in [5, 5.41) is 0.873. The second kappa shape index (κ2) is 4.56. The van der Waals surface area contributed by atoms with Crippen LogP contribution in [0.3, 0.4) is 0 Å². The highest BCUT2D eigenvalue weighted by molar-refractivity contribution is 5.91. The zero-order valence-electron chi connectivity index (χ0n) is 10.6. The summed E-state index contributed by atoms with van der Waals surface area (Å²) in [7, 11) is 3.19. The second-order valence-electron chi connectivity index (χ2n) is 3.86. The van der Waals surface area contributed by atoms with E-state index < -0.39 is 0 Å². The van der Waals surface area contributed by atoms with Crippen LogP contribution in [0.25, 0.3) is 16.7 Å². The predicted molar refractivity (Wildman–Crippen MR) is 69.8 cm³/mol. The molecule has 0 N–H and O–H groups in total. The maximum absolute atomic E-state index is 5.38. The molecule has 0 spiro atoms. The number of hydrogen-bond donors (Lipinski definition) is 0. The van der Waals surface area contributed by atoms with Crippen LogP contribution in [0, 0.1) is 0 Å². The van der Waals surface area contributed by atoms with Gasteiger partial charge in [0.25, 0.3) is 0 Å². The van der Waals surface area contributed by atoms with Gasteiger partial charge in [-0.3, -0.25) is 4.57 Å². The third-order valence-electron chi connectivity index (χ3n) is 2.88. The summed E-state index contributed by atoms with van der Waals surface area (Å²) in [4.78, 5) is 12.6. The Balaban J connectivity index is 2.33. The van der Waals surface area contributed by atoms with Gasteiger partial charge in [0.2, 0.25) is 0 Å². The van der Waals surface area contributed by atoms with Crippen molar-refractivity contribution in [3.8, 4) is 17.3 Å². The average molecular weight is 256 g/mol. The smallest absolute Gasteiger partial charge is 0.187 e. The molecule has 0 aliphatic carbocycles. The SMILES string of the molecule is COc1ccc2c(-n3ccnc3)ncnc2c1OC. The van der Waals surface area contributed by atoms with Gasteiger partial charge in [0, 0.05) is 17.8 Å². The Morgan fingerprint density at radius 2 is 2.00 bits per heavy atom. The lowest BCUT2D eigenvalue weighted by Crippen LogP contribution is -1.99. The zero-order chi connectivity index (χ0) is 13.2. The molecule has 0 unspecified atom stereocenters. The standard InChI is InChI=1S/C13H12N4O2/c1-18-10-4-3-9-11(12(10)19-2)15-7-16-13(9)17-6-5-14-8-17/h3-8H,1-2H3. The van der Waals surface area contributed by atoms with Gasteiger partial charge in [-0.25, -0.2) is 15.0 Å². The third-order valence-corrected chi connectivity index (χ3v) is 2.88. The summed E-state index contributed by atoms with van der Waals surface area (Å²) in [5.74, 6) is 2.00. The molecule has 0 fully saturated rings. The molecule has 3 rings (SSSR count). The minimum Gasteiger partial charge on any atom is -0.493 e. The van der Waals surface area contributed by atoms with Gasteiger partial charge in [0.05, 0.1) is 14.2 Å². The highest BCUT2D eigenvalue weighted by Gasteiger charge is 2.13. The fourth-order valence-electron chi connectivity index (χ4n) is 2.02. The molecule has 2 heterocycles. The summed E-state index contributed by atoms with van der Waals surface area (Å²) in [6, 6.07) is 3.75. The van der Waals surface area contributed by atoms with Crippen LogP contribution in [0.15, 0.2) is 37.2 Å². The number of benzene rings is 1. The molecule has 0 atom stereocenters. The van der Waals surface area contributed by atoms with Crippen molar-refractivity contribution in [3.63, 3.8) is 0 Å². The first-order valence-electron chi connectivity index (χ1n) is 5.69. The number of aromatic nitrogens is 4. The van der Waals surface area contributed by atoms with Crippen LogP contribution in [-0.2, 0) is 0 Å². The van der Waals surface area contributed by atoms with E-state index in [9.17, 15) is 0 Å². The van der Waals surface area contributed by atoms with Gasteiger partial charge in [-0.1, -0.05) is 0 Å². The normalized spacial score (nSPS) is 10.6. The molecule has 0 aliphatic heterocycles. The van der Waals surface area contributed by atoms with Crippen molar-refractivity contribution in [3.05, 3.63) is 37.2 Å². The molecule has 19 heavy (non-hydrogen) atoms. The van der Waals surface area contributed by atoms with Crippen LogP contribution < -0.4 is 9.47 Å². The number of nitrogens with zero attached hydrogens (tertiary/aromatic N) is 4. The van der Waals surface area contributed by atoms with Crippen molar-refractivity contribution >= 4 is 10.9 Å². The molecule has 0 saturated heterocycles. The van der Waals surface area contributed by atoms with Gasteiger partial charge in [-0.2, -0.15) is 0 Å². The van der Waals surface area contributed by atoms with Crippen molar-refractivity contribution in [1.82, 2.24) is 19.5 Å². The van der Waals surface area contributed by atoms with E-state index in [1.807, 2.05) is 22.9 Å². The van der Waals surface area contributed by atoms with Crippen molar-refractivity contribution in [2.24, 2.45) is 0 Å².